The number of para-hydroxylation sites is 2. The summed E-state index contributed by atoms with van der Waals surface area (Å²) < 4.78 is 1.94. The first-order valence-electron chi connectivity index (χ1n) is 10.6. The second-order valence-corrected chi connectivity index (χ2v) is 8.59. The number of aromatic nitrogens is 2. The van der Waals surface area contributed by atoms with Gasteiger partial charge in [-0.25, -0.2) is 4.98 Å². The summed E-state index contributed by atoms with van der Waals surface area (Å²) in [5.74, 6) is 0. The summed E-state index contributed by atoms with van der Waals surface area (Å²) in [4.78, 5) is 20.0. The standard InChI is InChI=1S/C22H30ClN3O/c1-3-5-8-15(4-2)25-16-11-12-17(25)14-18(13-16)26-20-10-7-6-9-19(20)24-21(23)22(26)27/h6-7,9-10,15-18H,3-5,8,11-14H2,1-2H3/t15?,16-,17+,18+. The fourth-order valence-corrected chi connectivity index (χ4v) is 5.66. The topological polar surface area (TPSA) is 38.1 Å². The molecule has 1 aromatic heterocycles. The zero-order chi connectivity index (χ0) is 19.0. The van der Waals surface area contributed by atoms with E-state index in [1.165, 1.54) is 38.5 Å². The van der Waals surface area contributed by atoms with Gasteiger partial charge in [-0.1, -0.05) is 50.4 Å². The molecule has 0 radical (unpaired) electrons. The van der Waals surface area contributed by atoms with Crippen LogP contribution in [0.3, 0.4) is 0 Å². The Morgan fingerprint density at radius 3 is 2.52 bits per heavy atom. The van der Waals surface area contributed by atoms with Gasteiger partial charge in [0.1, 0.15) is 0 Å². The molecule has 5 heteroatoms. The van der Waals surface area contributed by atoms with Gasteiger partial charge in [-0.15, -0.1) is 0 Å². The maximum absolute atomic E-state index is 12.9. The van der Waals surface area contributed by atoms with Crippen LogP contribution >= 0.6 is 11.6 Å². The molecule has 0 amide bonds. The Labute approximate surface area is 166 Å². The molecule has 1 aromatic carbocycles. The normalized spacial score (nSPS) is 26.6. The second kappa shape index (κ2) is 7.92. The van der Waals surface area contributed by atoms with E-state index in [-0.39, 0.29) is 16.8 Å². The quantitative estimate of drug-likeness (QED) is 0.684. The summed E-state index contributed by atoms with van der Waals surface area (Å²) in [6.45, 7) is 4.60. The van der Waals surface area contributed by atoms with Crippen molar-refractivity contribution in [2.45, 2.75) is 89.4 Å². The minimum absolute atomic E-state index is 0.0952. The average Bonchev–Trinajstić information content (AvgIpc) is 2.93. The lowest BCUT2D eigenvalue weighted by Gasteiger charge is -2.44. The highest BCUT2D eigenvalue weighted by molar-refractivity contribution is 6.29. The van der Waals surface area contributed by atoms with E-state index < -0.39 is 0 Å². The van der Waals surface area contributed by atoms with Crippen molar-refractivity contribution in [1.82, 2.24) is 14.5 Å². The molecule has 2 aliphatic heterocycles. The summed E-state index contributed by atoms with van der Waals surface area (Å²) >= 11 is 6.20. The number of benzene rings is 1. The lowest BCUT2D eigenvalue weighted by Crippen LogP contribution is -2.49. The molecule has 0 N–H and O–H groups in total. The molecule has 0 aliphatic carbocycles. The number of rotatable bonds is 6. The maximum Gasteiger partial charge on any atom is 0.288 e. The molecule has 0 spiro atoms. The number of hydrogen-bond donors (Lipinski definition) is 0. The van der Waals surface area contributed by atoms with Crippen molar-refractivity contribution < 1.29 is 0 Å². The van der Waals surface area contributed by atoms with E-state index in [0.717, 1.165) is 23.9 Å². The number of fused-ring (bicyclic) bond motifs is 3. The molecule has 4 atom stereocenters. The van der Waals surface area contributed by atoms with Crippen molar-refractivity contribution in [1.29, 1.82) is 0 Å². The zero-order valence-corrected chi connectivity index (χ0v) is 17.2. The highest BCUT2D eigenvalue weighted by Crippen LogP contribution is 2.43. The van der Waals surface area contributed by atoms with Gasteiger partial charge in [0.2, 0.25) is 0 Å². The van der Waals surface area contributed by atoms with E-state index in [1.807, 2.05) is 28.8 Å². The number of unbranched alkanes of at least 4 members (excludes halogenated alkanes) is 1. The first kappa shape index (κ1) is 18.9. The Hall–Kier alpha value is -1.39. The summed E-state index contributed by atoms with van der Waals surface area (Å²) in [6.07, 6.45) is 9.70. The minimum atomic E-state index is -0.133. The third-order valence-corrected chi connectivity index (χ3v) is 6.91. The van der Waals surface area contributed by atoms with Gasteiger partial charge in [0.05, 0.1) is 11.0 Å². The summed E-state index contributed by atoms with van der Waals surface area (Å²) in [5.41, 5.74) is 1.60. The molecule has 3 heterocycles. The predicted molar refractivity (Wildman–Crippen MR) is 112 cm³/mol. The van der Waals surface area contributed by atoms with Crippen molar-refractivity contribution in [3.05, 3.63) is 39.8 Å². The molecule has 2 aromatic rings. The largest absolute Gasteiger partial charge is 0.301 e. The summed E-state index contributed by atoms with van der Waals surface area (Å²) in [6, 6.07) is 9.98. The zero-order valence-electron chi connectivity index (χ0n) is 16.4. The van der Waals surface area contributed by atoms with Crippen molar-refractivity contribution >= 4 is 22.6 Å². The van der Waals surface area contributed by atoms with Gasteiger partial charge in [0, 0.05) is 24.2 Å². The van der Waals surface area contributed by atoms with Crippen molar-refractivity contribution in [2.24, 2.45) is 0 Å². The van der Waals surface area contributed by atoms with Gasteiger partial charge in [-0.05, 0) is 50.7 Å². The molecular weight excluding hydrogens is 358 g/mol. The maximum atomic E-state index is 12.9. The van der Waals surface area contributed by atoms with Crippen LogP contribution in [0.2, 0.25) is 5.15 Å². The fourth-order valence-electron chi connectivity index (χ4n) is 5.48. The molecule has 27 heavy (non-hydrogen) atoms. The Kier molecular flexibility index (Phi) is 5.56. The number of hydrogen-bond acceptors (Lipinski definition) is 3. The number of piperidine rings is 1. The van der Waals surface area contributed by atoms with Gasteiger partial charge < -0.3 is 4.57 Å². The molecule has 1 unspecified atom stereocenters. The van der Waals surface area contributed by atoms with Crippen LogP contribution in [0.15, 0.2) is 29.1 Å². The molecule has 0 saturated carbocycles. The lowest BCUT2D eigenvalue weighted by molar-refractivity contribution is 0.0551. The monoisotopic (exact) mass is 387 g/mol. The van der Waals surface area contributed by atoms with Crippen LogP contribution in [0.1, 0.15) is 71.3 Å². The van der Waals surface area contributed by atoms with Crippen LogP contribution in [0.25, 0.3) is 11.0 Å². The number of nitrogens with zero attached hydrogens (tertiary/aromatic N) is 3. The van der Waals surface area contributed by atoms with Crippen molar-refractivity contribution in [2.75, 3.05) is 0 Å². The summed E-state index contributed by atoms with van der Waals surface area (Å²) in [7, 11) is 0. The third-order valence-electron chi connectivity index (χ3n) is 6.67. The first-order chi connectivity index (χ1) is 13.1. The predicted octanol–water partition coefficient (Wildman–Crippen LogP) is 5.19. The highest BCUT2D eigenvalue weighted by atomic mass is 35.5. The molecule has 2 bridgehead atoms. The van der Waals surface area contributed by atoms with Crippen LogP contribution in [0.4, 0.5) is 0 Å². The lowest BCUT2D eigenvalue weighted by atomic mass is 9.92. The molecule has 4 rings (SSSR count). The first-order valence-corrected chi connectivity index (χ1v) is 11.0. The van der Waals surface area contributed by atoms with E-state index in [2.05, 4.69) is 23.7 Å². The molecule has 4 nitrogen and oxygen atoms in total. The second-order valence-electron chi connectivity index (χ2n) is 8.23. The van der Waals surface area contributed by atoms with Crippen LogP contribution in [0, 0.1) is 0 Å². The smallest absolute Gasteiger partial charge is 0.288 e. The minimum Gasteiger partial charge on any atom is -0.301 e. The van der Waals surface area contributed by atoms with E-state index in [0.29, 0.717) is 18.1 Å². The molecular formula is C22H30ClN3O. The molecule has 2 saturated heterocycles. The average molecular weight is 388 g/mol. The van der Waals surface area contributed by atoms with Gasteiger partial charge in [-0.3, -0.25) is 9.69 Å². The fraction of sp³-hybridized carbons (Fsp3) is 0.636. The Balaban J connectivity index is 1.65. The molecule has 2 aliphatic rings. The van der Waals surface area contributed by atoms with Crippen LogP contribution in [-0.2, 0) is 0 Å². The van der Waals surface area contributed by atoms with Crippen LogP contribution in [0.5, 0.6) is 0 Å². The van der Waals surface area contributed by atoms with Crippen molar-refractivity contribution in [3.63, 3.8) is 0 Å². The van der Waals surface area contributed by atoms with Gasteiger partial charge in [0.15, 0.2) is 5.15 Å². The third kappa shape index (κ3) is 3.42. The van der Waals surface area contributed by atoms with E-state index >= 15 is 0 Å². The summed E-state index contributed by atoms with van der Waals surface area (Å²) in [5, 5.41) is 0.0952. The van der Waals surface area contributed by atoms with Crippen LogP contribution in [-0.4, -0.2) is 32.6 Å². The Morgan fingerprint density at radius 2 is 1.85 bits per heavy atom. The number of halogens is 1. The van der Waals surface area contributed by atoms with Gasteiger partial charge in [0.25, 0.3) is 5.56 Å². The van der Waals surface area contributed by atoms with E-state index in [4.69, 9.17) is 11.6 Å². The van der Waals surface area contributed by atoms with E-state index in [9.17, 15) is 4.79 Å². The van der Waals surface area contributed by atoms with Gasteiger partial charge >= 0.3 is 0 Å². The molecule has 146 valence electrons. The molecule has 2 fully saturated rings. The highest BCUT2D eigenvalue weighted by Gasteiger charge is 2.44. The SMILES string of the molecule is CCCCC(CC)N1[C@@H]2CC[C@H]1C[C@@H](n1c(=O)c(Cl)nc3ccccc31)C2. The Morgan fingerprint density at radius 1 is 1.15 bits per heavy atom. The van der Waals surface area contributed by atoms with Gasteiger partial charge in [-0.2, -0.15) is 0 Å². The van der Waals surface area contributed by atoms with Crippen molar-refractivity contribution in [3.8, 4) is 0 Å². The Bertz CT molecular complexity index is 850. The van der Waals surface area contributed by atoms with Crippen LogP contribution < -0.4 is 5.56 Å². The van der Waals surface area contributed by atoms with E-state index in [1.54, 1.807) is 0 Å².